The molecule has 0 N–H and O–H groups in total. The van der Waals surface area contributed by atoms with Crippen LogP contribution in [0, 0.1) is 0 Å². The number of thioether (sulfide) groups is 1. The summed E-state index contributed by atoms with van der Waals surface area (Å²) in [6.07, 6.45) is 2.44. The molecule has 1 atom stereocenters. The van der Waals surface area contributed by atoms with Crippen LogP contribution in [0.3, 0.4) is 0 Å². The molecule has 150 valence electrons. The van der Waals surface area contributed by atoms with Gasteiger partial charge < -0.3 is 14.4 Å². The first-order chi connectivity index (χ1) is 14.2. The number of morpholine rings is 1. The normalized spacial score (nSPS) is 21.9. The molecule has 2 aromatic heterocycles. The van der Waals surface area contributed by atoms with Gasteiger partial charge in [0.05, 0.1) is 30.9 Å². The Kier molecular flexibility index (Phi) is 5.26. The number of nitrogens with zero attached hydrogens (tertiary/aromatic N) is 3. The second kappa shape index (κ2) is 8.02. The first-order valence-electron chi connectivity index (χ1n) is 9.64. The molecule has 0 bridgehead atoms. The maximum atomic E-state index is 12.9. The fourth-order valence-corrected chi connectivity index (χ4v) is 5.79. The number of hydrogen-bond donors (Lipinski definition) is 0. The highest BCUT2D eigenvalue weighted by Crippen LogP contribution is 2.38. The topological polar surface area (TPSA) is 64.6 Å². The molecule has 2 aliphatic rings. The lowest BCUT2D eigenvalue weighted by Gasteiger charge is -2.39. The number of hydrogen-bond acceptors (Lipinski definition) is 7. The predicted molar refractivity (Wildman–Crippen MR) is 114 cm³/mol. The number of fused-ring (bicyclic) bond motifs is 1. The number of thiophene rings is 1. The van der Waals surface area contributed by atoms with Crippen LogP contribution in [0.1, 0.15) is 6.42 Å². The number of aromatic nitrogens is 2. The van der Waals surface area contributed by atoms with Gasteiger partial charge in [-0.2, -0.15) is 0 Å². The van der Waals surface area contributed by atoms with Gasteiger partial charge >= 0.3 is 0 Å². The van der Waals surface area contributed by atoms with Gasteiger partial charge in [0.25, 0.3) is 0 Å². The SMILES string of the molecule is O=C(CSc1ncnc2scc(-c3ccccc3)c12)N1CCOC2(CCOC2)C1. The molecule has 4 heterocycles. The van der Waals surface area contributed by atoms with Gasteiger partial charge in [0.15, 0.2) is 0 Å². The van der Waals surface area contributed by atoms with Gasteiger partial charge in [0.1, 0.15) is 21.8 Å². The van der Waals surface area contributed by atoms with Crippen molar-refractivity contribution in [3.05, 3.63) is 42.0 Å². The lowest BCUT2D eigenvalue weighted by Crippen LogP contribution is -2.54. The molecule has 2 saturated heterocycles. The van der Waals surface area contributed by atoms with Gasteiger partial charge in [0, 0.05) is 30.5 Å². The van der Waals surface area contributed by atoms with Gasteiger partial charge in [-0.3, -0.25) is 4.79 Å². The minimum absolute atomic E-state index is 0.118. The fourth-order valence-electron chi connectivity index (χ4n) is 3.89. The summed E-state index contributed by atoms with van der Waals surface area (Å²) in [4.78, 5) is 24.7. The van der Waals surface area contributed by atoms with E-state index in [1.807, 2.05) is 23.1 Å². The van der Waals surface area contributed by atoms with Crippen molar-refractivity contribution in [2.24, 2.45) is 0 Å². The Morgan fingerprint density at radius 1 is 1.24 bits per heavy atom. The minimum Gasteiger partial charge on any atom is -0.378 e. The van der Waals surface area contributed by atoms with Crippen molar-refractivity contribution in [2.75, 3.05) is 38.7 Å². The third-order valence-corrected chi connectivity index (χ3v) is 7.28. The van der Waals surface area contributed by atoms with E-state index in [1.54, 1.807) is 17.7 Å². The first-order valence-corrected chi connectivity index (χ1v) is 11.5. The Morgan fingerprint density at radius 3 is 2.97 bits per heavy atom. The van der Waals surface area contributed by atoms with Gasteiger partial charge in [-0.15, -0.1) is 11.3 Å². The van der Waals surface area contributed by atoms with Crippen LogP contribution < -0.4 is 0 Å². The van der Waals surface area contributed by atoms with E-state index >= 15 is 0 Å². The van der Waals surface area contributed by atoms with E-state index in [0.29, 0.717) is 38.7 Å². The van der Waals surface area contributed by atoms with Gasteiger partial charge in [-0.1, -0.05) is 42.1 Å². The van der Waals surface area contributed by atoms with E-state index in [1.165, 1.54) is 11.8 Å². The largest absolute Gasteiger partial charge is 0.378 e. The van der Waals surface area contributed by atoms with Crippen LogP contribution >= 0.6 is 23.1 Å². The average molecular weight is 428 g/mol. The van der Waals surface area contributed by atoms with Gasteiger partial charge in [0.2, 0.25) is 5.91 Å². The third kappa shape index (κ3) is 3.77. The van der Waals surface area contributed by atoms with Gasteiger partial charge in [-0.05, 0) is 5.56 Å². The molecule has 3 aromatic rings. The molecule has 1 spiro atoms. The van der Waals surface area contributed by atoms with Crippen LogP contribution in [0.4, 0.5) is 0 Å². The molecule has 1 amide bonds. The Morgan fingerprint density at radius 2 is 2.14 bits per heavy atom. The number of amides is 1. The van der Waals surface area contributed by atoms with Crippen molar-refractivity contribution >= 4 is 39.2 Å². The molecule has 5 rings (SSSR count). The summed E-state index contributed by atoms with van der Waals surface area (Å²) in [5, 5.41) is 4.01. The molecular formula is C21H21N3O3S2. The first kappa shape index (κ1) is 19.0. The highest BCUT2D eigenvalue weighted by Gasteiger charge is 2.41. The highest BCUT2D eigenvalue weighted by molar-refractivity contribution is 8.00. The molecule has 2 aliphatic heterocycles. The molecule has 1 aromatic carbocycles. The molecule has 29 heavy (non-hydrogen) atoms. The second-order valence-electron chi connectivity index (χ2n) is 7.31. The Labute approximate surface area is 177 Å². The zero-order valence-electron chi connectivity index (χ0n) is 15.9. The summed E-state index contributed by atoms with van der Waals surface area (Å²) in [7, 11) is 0. The molecule has 0 aliphatic carbocycles. The van der Waals surface area contributed by atoms with E-state index in [0.717, 1.165) is 32.8 Å². The van der Waals surface area contributed by atoms with Crippen LogP contribution in [0.2, 0.25) is 0 Å². The maximum Gasteiger partial charge on any atom is 0.233 e. The van der Waals surface area contributed by atoms with E-state index in [-0.39, 0.29) is 11.5 Å². The lowest BCUT2D eigenvalue weighted by atomic mass is 10.0. The van der Waals surface area contributed by atoms with Crippen molar-refractivity contribution in [3.63, 3.8) is 0 Å². The van der Waals surface area contributed by atoms with Crippen LogP contribution in [0.5, 0.6) is 0 Å². The minimum atomic E-state index is -0.311. The van der Waals surface area contributed by atoms with Gasteiger partial charge in [-0.25, -0.2) is 9.97 Å². The van der Waals surface area contributed by atoms with Crippen molar-refractivity contribution < 1.29 is 14.3 Å². The molecule has 2 fully saturated rings. The fraction of sp³-hybridized carbons (Fsp3) is 0.381. The lowest BCUT2D eigenvalue weighted by molar-refractivity contribution is -0.147. The van der Waals surface area contributed by atoms with E-state index in [9.17, 15) is 4.79 Å². The van der Waals surface area contributed by atoms with Crippen molar-refractivity contribution in [1.82, 2.24) is 14.9 Å². The number of benzene rings is 1. The van der Waals surface area contributed by atoms with Crippen LogP contribution in [0.25, 0.3) is 21.3 Å². The molecule has 1 unspecified atom stereocenters. The van der Waals surface area contributed by atoms with Crippen LogP contribution in [-0.4, -0.2) is 65.0 Å². The second-order valence-corrected chi connectivity index (χ2v) is 9.13. The standard InChI is InChI=1S/C21H21N3O3S2/c25-17(24-7-9-27-21(12-24)6-8-26-13-21)11-29-20-18-16(15-4-2-1-3-5-15)10-28-19(18)22-14-23-20/h1-5,10,14H,6-9,11-13H2. The molecule has 6 nitrogen and oxygen atoms in total. The van der Waals surface area contributed by atoms with E-state index < -0.39 is 0 Å². The van der Waals surface area contributed by atoms with Crippen LogP contribution in [0.15, 0.2) is 47.1 Å². The summed E-state index contributed by atoms with van der Waals surface area (Å²) < 4.78 is 11.4. The summed E-state index contributed by atoms with van der Waals surface area (Å²) in [6, 6.07) is 10.2. The smallest absolute Gasteiger partial charge is 0.233 e. The quantitative estimate of drug-likeness (QED) is 0.469. The maximum absolute atomic E-state index is 12.9. The molecule has 0 radical (unpaired) electrons. The summed E-state index contributed by atoms with van der Waals surface area (Å²) in [5.74, 6) is 0.473. The number of ether oxygens (including phenoxy) is 2. The Balaban J connectivity index is 1.34. The monoisotopic (exact) mass is 427 g/mol. The Bertz CT molecular complexity index is 1020. The highest BCUT2D eigenvalue weighted by atomic mass is 32.2. The van der Waals surface area contributed by atoms with E-state index in [4.69, 9.17) is 9.47 Å². The Hall–Kier alpha value is -2.00. The number of carbonyl (C=O) groups is 1. The zero-order valence-corrected chi connectivity index (χ0v) is 17.5. The summed E-state index contributed by atoms with van der Waals surface area (Å²) in [6.45, 7) is 3.09. The molecule has 0 saturated carbocycles. The third-order valence-electron chi connectivity index (χ3n) is 5.42. The van der Waals surface area contributed by atoms with Crippen molar-refractivity contribution in [1.29, 1.82) is 0 Å². The number of carbonyl (C=O) groups excluding carboxylic acids is 1. The van der Waals surface area contributed by atoms with E-state index in [2.05, 4.69) is 27.5 Å². The number of rotatable bonds is 4. The van der Waals surface area contributed by atoms with Crippen LogP contribution in [-0.2, 0) is 14.3 Å². The summed E-state index contributed by atoms with van der Waals surface area (Å²) >= 11 is 3.10. The van der Waals surface area contributed by atoms with Crippen molar-refractivity contribution in [3.8, 4) is 11.1 Å². The molecule has 8 heteroatoms. The average Bonchev–Trinajstić information content (AvgIpc) is 3.40. The molecular weight excluding hydrogens is 406 g/mol. The zero-order chi connectivity index (χ0) is 19.7. The van der Waals surface area contributed by atoms with Crippen molar-refractivity contribution in [2.45, 2.75) is 17.0 Å². The summed E-state index contributed by atoms with van der Waals surface area (Å²) in [5.41, 5.74) is 1.95. The predicted octanol–water partition coefficient (Wildman–Crippen LogP) is 3.47.